The SMILES string of the molecule is Cc1cnccc1N1CC(CO)C1. The van der Waals surface area contributed by atoms with E-state index in [0.717, 1.165) is 13.1 Å². The predicted molar refractivity (Wildman–Crippen MR) is 51.8 cm³/mol. The standard InChI is InChI=1S/C10H14N2O/c1-8-4-11-3-2-10(8)12-5-9(6-12)7-13/h2-4,9,13H,5-7H2,1H3. The first kappa shape index (κ1) is 8.51. The average Bonchev–Trinajstić information content (AvgIpc) is 2.06. The van der Waals surface area contributed by atoms with Gasteiger partial charge in [0.15, 0.2) is 0 Å². The lowest BCUT2D eigenvalue weighted by Crippen LogP contribution is -2.48. The lowest BCUT2D eigenvalue weighted by molar-refractivity contribution is 0.200. The fourth-order valence-corrected chi connectivity index (χ4v) is 1.70. The molecule has 0 spiro atoms. The van der Waals surface area contributed by atoms with Crippen molar-refractivity contribution in [3.63, 3.8) is 0 Å². The van der Waals surface area contributed by atoms with Crippen LogP contribution in [-0.4, -0.2) is 29.8 Å². The van der Waals surface area contributed by atoms with Gasteiger partial charge in [-0.05, 0) is 18.6 Å². The second-order valence-corrected chi connectivity index (χ2v) is 3.62. The highest BCUT2D eigenvalue weighted by Crippen LogP contribution is 2.26. The monoisotopic (exact) mass is 178 g/mol. The lowest BCUT2D eigenvalue weighted by atomic mass is 10.00. The van der Waals surface area contributed by atoms with E-state index < -0.39 is 0 Å². The molecular formula is C10H14N2O. The summed E-state index contributed by atoms with van der Waals surface area (Å²) in [5.41, 5.74) is 2.46. The first-order valence-corrected chi connectivity index (χ1v) is 4.57. The minimum atomic E-state index is 0.306. The fourth-order valence-electron chi connectivity index (χ4n) is 1.70. The zero-order chi connectivity index (χ0) is 9.26. The Morgan fingerprint density at radius 2 is 2.38 bits per heavy atom. The normalized spacial score (nSPS) is 17.2. The molecular weight excluding hydrogens is 164 g/mol. The van der Waals surface area contributed by atoms with Crippen LogP contribution in [0.5, 0.6) is 0 Å². The van der Waals surface area contributed by atoms with Crippen molar-refractivity contribution in [1.82, 2.24) is 4.98 Å². The molecule has 0 aromatic carbocycles. The van der Waals surface area contributed by atoms with Crippen molar-refractivity contribution < 1.29 is 5.11 Å². The molecule has 1 fully saturated rings. The van der Waals surface area contributed by atoms with E-state index in [9.17, 15) is 0 Å². The molecule has 1 aliphatic heterocycles. The van der Waals surface area contributed by atoms with E-state index in [1.807, 2.05) is 18.5 Å². The van der Waals surface area contributed by atoms with Crippen LogP contribution in [0.15, 0.2) is 18.5 Å². The van der Waals surface area contributed by atoms with Gasteiger partial charge < -0.3 is 10.0 Å². The van der Waals surface area contributed by atoms with E-state index in [-0.39, 0.29) is 0 Å². The summed E-state index contributed by atoms with van der Waals surface area (Å²) in [4.78, 5) is 6.32. The van der Waals surface area contributed by atoms with Crippen LogP contribution in [0.4, 0.5) is 5.69 Å². The van der Waals surface area contributed by atoms with Crippen LogP contribution >= 0.6 is 0 Å². The van der Waals surface area contributed by atoms with Crippen LogP contribution in [0.25, 0.3) is 0 Å². The van der Waals surface area contributed by atoms with Crippen LogP contribution in [-0.2, 0) is 0 Å². The second kappa shape index (κ2) is 3.34. The van der Waals surface area contributed by atoms with E-state index in [2.05, 4.69) is 16.8 Å². The Hall–Kier alpha value is -1.09. The highest BCUT2D eigenvalue weighted by Gasteiger charge is 2.26. The molecule has 0 atom stereocenters. The van der Waals surface area contributed by atoms with Crippen molar-refractivity contribution in [3.05, 3.63) is 24.0 Å². The largest absolute Gasteiger partial charge is 0.396 e. The van der Waals surface area contributed by atoms with Crippen LogP contribution < -0.4 is 4.90 Å². The van der Waals surface area contributed by atoms with E-state index in [1.165, 1.54) is 11.3 Å². The van der Waals surface area contributed by atoms with E-state index >= 15 is 0 Å². The molecule has 1 aromatic rings. The van der Waals surface area contributed by atoms with Gasteiger partial charge in [0, 0.05) is 43.7 Å². The number of aliphatic hydroxyl groups excluding tert-OH is 1. The maximum Gasteiger partial charge on any atom is 0.0493 e. The number of rotatable bonds is 2. The predicted octanol–water partition coefficient (Wildman–Crippen LogP) is 0.819. The second-order valence-electron chi connectivity index (χ2n) is 3.62. The van der Waals surface area contributed by atoms with Crippen molar-refractivity contribution >= 4 is 5.69 Å². The third kappa shape index (κ3) is 1.52. The number of nitrogens with zero attached hydrogens (tertiary/aromatic N) is 2. The number of hydrogen-bond donors (Lipinski definition) is 1. The number of aromatic nitrogens is 1. The van der Waals surface area contributed by atoms with Crippen LogP contribution in [0, 0.1) is 12.8 Å². The topological polar surface area (TPSA) is 36.4 Å². The molecule has 0 radical (unpaired) electrons. The van der Waals surface area contributed by atoms with Crippen molar-refractivity contribution in [2.75, 3.05) is 24.6 Å². The van der Waals surface area contributed by atoms with Gasteiger partial charge >= 0.3 is 0 Å². The van der Waals surface area contributed by atoms with E-state index in [4.69, 9.17) is 5.11 Å². The summed E-state index contributed by atoms with van der Waals surface area (Å²) in [6.45, 7) is 4.32. The Balaban J connectivity index is 2.07. The number of aryl methyl sites for hydroxylation is 1. The van der Waals surface area contributed by atoms with Gasteiger partial charge in [0.25, 0.3) is 0 Å². The Kier molecular flexibility index (Phi) is 2.19. The van der Waals surface area contributed by atoms with Gasteiger partial charge in [-0.2, -0.15) is 0 Å². The van der Waals surface area contributed by atoms with Gasteiger partial charge in [-0.3, -0.25) is 4.98 Å². The molecule has 1 aliphatic rings. The molecule has 2 heterocycles. The molecule has 70 valence electrons. The fraction of sp³-hybridized carbons (Fsp3) is 0.500. The first-order valence-electron chi connectivity index (χ1n) is 4.57. The minimum absolute atomic E-state index is 0.306. The zero-order valence-corrected chi connectivity index (χ0v) is 7.77. The smallest absolute Gasteiger partial charge is 0.0493 e. The quantitative estimate of drug-likeness (QED) is 0.728. The molecule has 1 saturated heterocycles. The van der Waals surface area contributed by atoms with Crippen molar-refractivity contribution in [2.45, 2.75) is 6.92 Å². The molecule has 0 aliphatic carbocycles. The van der Waals surface area contributed by atoms with Gasteiger partial charge in [0.2, 0.25) is 0 Å². The molecule has 3 nitrogen and oxygen atoms in total. The lowest BCUT2D eigenvalue weighted by Gasteiger charge is -2.40. The summed E-state index contributed by atoms with van der Waals surface area (Å²) >= 11 is 0. The van der Waals surface area contributed by atoms with Crippen molar-refractivity contribution in [3.8, 4) is 0 Å². The molecule has 0 bridgehead atoms. The summed E-state index contributed by atoms with van der Waals surface area (Å²) < 4.78 is 0. The molecule has 13 heavy (non-hydrogen) atoms. The molecule has 3 heteroatoms. The first-order chi connectivity index (χ1) is 6.31. The molecule has 0 amide bonds. The van der Waals surface area contributed by atoms with Crippen LogP contribution in [0.3, 0.4) is 0 Å². The number of hydrogen-bond acceptors (Lipinski definition) is 3. The van der Waals surface area contributed by atoms with Crippen LogP contribution in [0.1, 0.15) is 5.56 Å². The molecule has 0 unspecified atom stereocenters. The van der Waals surface area contributed by atoms with Crippen LogP contribution in [0.2, 0.25) is 0 Å². The molecule has 1 N–H and O–H groups in total. The molecule has 0 saturated carbocycles. The Morgan fingerprint density at radius 3 is 3.00 bits per heavy atom. The summed E-state index contributed by atoms with van der Waals surface area (Å²) in [6.07, 6.45) is 3.69. The van der Waals surface area contributed by atoms with Gasteiger partial charge in [-0.15, -0.1) is 0 Å². The summed E-state index contributed by atoms with van der Waals surface area (Å²) in [7, 11) is 0. The number of pyridine rings is 1. The highest BCUT2D eigenvalue weighted by molar-refractivity contribution is 5.53. The Morgan fingerprint density at radius 1 is 1.62 bits per heavy atom. The van der Waals surface area contributed by atoms with E-state index in [0.29, 0.717) is 12.5 Å². The van der Waals surface area contributed by atoms with Crippen molar-refractivity contribution in [1.29, 1.82) is 0 Å². The highest BCUT2D eigenvalue weighted by atomic mass is 16.3. The molecule has 1 aromatic heterocycles. The van der Waals surface area contributed by atoms with Gasteiger partial charge in [-0.25, -0.2) is 0 Å². The Bertz CT molecular complexity index is 295. The van der Waals surface area contributed by atoms with Gasteiger partial charge in [-0.1, -0.05) is 0 Å². The maximum absolute atomic E-state index is 8.88. The average molecular weight is 178 g/mol. The Labute approximate surface area is 78.0 Å². The maximum atomic E-state index is 8.88. The third-order valence-electron chi connectivity index (χ3n) is 2.55. The van der Waals surface area contributed by atoms with Gasteiger partial charge in [0.1, 0.15) is 0 Å². The zero-order valence-electron chi connectivity index (χ0n) is 7.77. The summed E-state index contributed by atoms with van der Waals surface area (Å²) in [6, 6.07) is 2.03. The third-order valence-corrected chi connectivity index (χ3v) is 2.55. The van der Waals surface area contributed by atoms with Crippen molar-refractivity contribution in [2.24, 2.45) is 5.92 Å². The minimum Gasteiger partial charge on any atom is -0.396 e. The molecule has 2 rings (SSSR count). The summed E-state index contributed by atoms with van der Waals surface area (Å²) in [5, 5.41) is 8.88. The number of anilines is 1. The summed E-state index contributed by atoms with van der Waals surface area (Å²) in [5.74, 6) is 0.465. The van der Waals surface area contributed by atoms with E-state index in [1.54, 1.807) is 0 Å². The number of aliphatic hydroxyl groups is 1. The van der Waals surface area contributed by atoms with Gasteiger partial charge in [0.05, 0.1) is 0 Å².